The van der Waals surface area contributed by atoms with Crippen molar-refractivity contribution in [2.24, 2.45) is 0 Å². The van der Waals surface area contributed by atoms with Crippen molar-refractivity contribution in [1.29, 1.82) is 0 Å². The first-order chi connectivity index (χ1) is 18.8. The zero-order valence-electron chi connectivity index (χ0n) is 22.1. The van der Waals surface area contributed by atoms with Gasteiger partial charge in [0.15, 0.2) is 6.23 Å². The molecule has 2 fully saturated rings. The van der Waals surface area contributed by atoms with E-state index in [1.807, 2.05) is 11.1 Å². The van der Waals surface area contributed by atoms with E-state index >= 15 is 4.39 Å². The minimum absolute atomic E-state index is 0.201. The Balaban J connectivity index is 1.54. The third-order valence-electron chi connectivity index (χ3n) is 6.61. The molecule has 4 rings (SSSR count). The fourth-order valence-electron chi connectivity index (χ4n) is 4.31. The molecule has 40 heavy (non-hydrogen) atoms. The van der Waals surface area contributed by atoms with Crippen LogP contribution >= 0.6 is 19.3 Å². The van der Waals surface area contributed by atoms with Gasteiger partial charge in [-0.2, -0.15) is 5.09 Å². The average Bonchev–Trinajstić information content (AvgIpc) is 3.05. The second-order valence-corrected chi connectivity index (χ2v) is 12.4. The number of H-pyrrole nitrogens is 1. The van der Waals surface area contributed by atoms with Crippen molar-refractivity contribution in [3.63, 3.8) is 0 Å². The van der Waals surface area contributed by atoms with Gasteiger partial charge in [-0.25, -0.2) is 13.8 Å². The minimum atomic E-state index is -4.39. The Labute approximate surface area is 234 Å². The normalized spacial score (nSPS) is 27.1. The lowest BCUT2D eigenvalue weighted by Crippen LogP contribution is -2.42. The first-order valence-electron chi connectivity index (χ1n) is 12.8. The van der Waals surface area contributed by atoms with E-state index in [9.17, 15) is 24.1 Å². The number of hydrogen-bond donors (Lipinski definition) is 3. The molecule has 1 saturated heterocycles. The predicted molar refractivity (Wildman–Crippen MR) is 142 cm³/mol. The highest BCUT2D eigenvalue weighted by molar-refractivity contribution is 7.52. The third-order valence-corrected chi connectivity index (χ3v) is 8.66. The highest BCUT2D eigenvalue weighted by atomic mass is 35.5. The SMILES string of the molecule is CC(C)OC(=O)[C@H](C)NP(=O)(OC[C@H]1OC(n2ccc(=O)[nH]c2=O)[C@@](F)(Cl)[C@@H]1O)Oc1cccc(C2CCC2)c1. The molecule has 6 atom stereocenters. The van der Waals surface area contributed by atoms with Crippen LogP contribution in [-0.2, 0) is 23.4 Å². The zero-order chi connectivity index (χ0) is 29.2. The molecule has 0 amide bonds. The maximum absolute atomic E-state index is 15.4. The van der Waals surface area contributed by atoms with Crippen molar-refractivity contribution in [1.82, 2.24) is 14.6 Å². The molecule has 15 heteroatoms. The van der Waals surface area contributed by atoms with E-state index < -0.39 is 67.3 Å². The molecule has 1 saturated carbocycles. The van der Waals surface area contributed by atoms with Crippen LogP contribution < -0.4 is 20.9 Å². The van der Waals surface area contributed by atoms with Crippen LogP contribution in [0.3, 0.4) is 0 Å². The summed E-state index contributed by atoms with van der Waals surface area (Å²) >= 11 is 5.92. The van der Waals surface area contributed by atoms with Gasteiger partial charge in [-0.3, -0.25) is 23.7 Å². The van der Waals surface area contributed by atoms with E-state index in [1.165, 1.54) is 6.92 Å². The predicted octanol–water partition coefficient (Wildman–Crippen LogP) is 3.10. The molecule has 0 bridgehead atoms. The van der Waals surface area contributed by atoms with Gasteiger partial charge < -0.3 is 19.1 Å². The van der Waals surface area contributed by atoms with Crippen LogP contribution in [0.1, 0.15) is 57.7 Å². The lowest BCUT2D eigenvalue weighted by atomic mass is 9.80. The number of nitrogens with one attached hydrogen (secondary N) is 2. The van der Waals surface area contributed by atoms with Gasteiger partial charge in [0.05, 0.1) is 12.7 Å². The molecule has 1 aromatic heterocycles. The Bertz CT molecular complexity index is 1380. The standard InChI is InChI=1S/C25H32ClFN3O9P/c1-14(2)37-22(33)15(3)29-40(35,39-18-9-5-8-17(12-18)16-6-4-7-16)36-13-19-21(32)25(26,27)23(38-19)30-11-10-20(31)28-24(30)34/h5,8-12,14-16,19,21,23,32H,4,6-7,13H2,1-3H3,(H,29,35)(H,28,31,34)/t15-,19+,21+,23?,25+,40?/m0/s1. The average molecular weight is 604 g/mol. The van der Waals surface area contributed by atoms with Gasteiger partial charge in [0.2, 0.25) is 0 Å². The molecular formula is C25H32ClFN3O9P. The zero-order valence-corrected chi connectivity index (χ0v) is 23.8. The summed E-state index contributed by atoms with van der Waals surface area (Å²) in [6.45, 7) is 4.00. The summed E-state index contributed by atoms with van der Waals surface area (Å²) in [5.74, 6) is -0.162. The largest absolute Gasteiger partial charge is 0.462 e. The Morgan fingerprint density at radius 3 is 2.67 bits per heavy atom. The van der Waals surface area contributed by atoms with Crippen LogP contribution in [-0.4, -0.2) is 56.7 Å². The Morgan fingerprint density at radius 2 is 2.05 bits per heavy atom. The molecule has 3 N–H and O–H groups in total. The smallest absolute Gasteiger partial charge is 0.459 e. The molecule has 1 aliphatic carbocycles. The van der Waals surface area contributed by atoms with Gasteiger partial charge in [0.25, 0.3) is 10.7 Å². The number of benzene rings is 1. The van der Waals surface area contributed by atoms with Crippen LogP contribution in [0.2, 0.25) is 0 Å². The maximum Gasteiger partial charge on any atom is 0.459 e. The molecular weight excluding hydrogens is 572 g/mol. The highest BCUT2D eigenvalue weighted by Gasteiger charge is 2.58. The Kier molecular flexibility index (Phi) is 9.23. The van der Waals surface area contributed by atoms with E-state index in [2.05, 4.69) is 5.09 Å². The van der Waals surface area contributed by atoms with Gasteiger partial charge in [0.1, 0.15) is 24.0 Å². The number of aliphatic hydroxyl groups excluding tert-OH is 1. The Hall–Kier alpha value is -2.54. The van der Waals surface area contributed by atoms with E-state index in [1.54, 1.807) is 32.0 Å². The summed E-state index contributed by atoms with van der Waals surface area (Å²) in [6.07, 6.45) is -1.74. The number of aliphatic hydroxyl groups is 1. The Morgan fingerprint density at radius 1 is 1.32 bits per heavy atom. The van der Waals surface area contributed by atoms with Crippen molar-refractivity contribution in [3.05, 3.63) is 62.9 Å². The maximum atomic E-state index is 15.4. The van der Waals surface area contributed by atoms with Crippen LogP contribution in [0.4, 0.5) is 4.39 Å². The third kappa shape index (κ3) is 6.84. The first kappa shape index (κ1) is 30.4. The van der Waals surface area contributed by atoms with Gasteiger partial charge in [-0.1, -0.05) is 30.2 Å². The van der Waals surface area contributed by atoms with E-state index in [0.29, 0.717) is 10.5 Å². The molecule has 1 aliphatic heterocycles. The van der Waals surface area contributed by atoms with E-state index in [0.717, 1.165) is 37.1 Å². The molecule has 2 aromatic rings. The van der Waals surface area contributed by atoms with Gasteiger partial charge >= 0.3 is 19.4 Å². The number of aromatic amines is 1. The molecule has 1 aromatic carbocycles. The fourth-order valence-corrected chi connectivity index (χ4v) is 6.10. The molecule has 220 valence electrons. The van der Waals surface area contributed by atoms with Gasteiger partial charge in [0, 0.05) is 12.3 Å². The van der Waals surface area contributed by atoms with Crippen LogP contribution in [0.5, 0.6) is 5.75 Å². The lowest BCUT2D eigenvalue weighted by molar-refractivity contribution is -0.149. The molecule has 12 nitrogen and oxygen atoms in total. The molecule has 2 heterocycles. The number of aromatic nitrogens is 2. The lowest BCUT2D eigenvalue weighted by Gasteiger charge is -2.27. The van der Waals surface area contributed by atoms with Crippen molar-refractivity contribution >= 4 is 25.3 Å². The summed E-state index contributed by atoms with van der Waals surface area (Å²) in [4.78, 5) is 37.9. The van der Waals surface area contributed by atoms with Crippen molar-refractivity contribution < 1.29 is 37.4 Å². The molecule has 0 radical (unpaired) electrons. The van der Waals surface area contributed by atoms with Crippen LogP contribution in [0.15, 0.2) is 46.1 Å². The van der Waals surface area contributed by atoms with Crippen molar-refractivity contribution in [3.8, 4) is 5.75 Å². The molecule has 2 aliphatic rings. The number of nitrogens with zero attached hydrogens (tertiary/aromatic N) is 1. The summed E-state index contributed by atoms with van der Waals surface area (Å²) < 4.78 is 51.8. The summed E-state index contributed by atoms with van der Waals surface area (Å²) in [5, 5.41) is 10.1. The van der Waals surface area contributed by atoms with E-state index in [4.69, 9.17) is 30.1 Å². The minimum Gasteiger partial charge on any atom is -0.462 e. The van der Waals surface area contributed by atoms with Crippen LogP contribution in [0.25, 0.3) is 0 Å². The topological polar surface area (TPSA) is 158 Å². The molecule has 2 unspecified atom stereocenters. The fraction of sp³-hybridized carbons (Fsp3) is 0.560. The highest BCUT2D eigenvalue weighted by Crippen LogP contribution is 2.49. The van der Waals surface area contributed by atoms with Gasteiger partial charge in [-0.15, -0.1) is 0 Å². The monoisotopic (exact) mass is 603 g/mol. The molecule has 0 spiro atoms. The number of alkyl halides is 2. The second kappa shape index (κ2) is 12.1. The summed E-state index contributed by atoms with van der Waals surface area (Å²) in [6, 6.07) is 6.78. The first-order valence-corrected chi connectivity index (χ1v) is 14.8. The number of ether oxygens (including phenoxy) is 2. The van der Waals surface area contributed by atoms with Crippen molar-refractivity contribution in [2.45, 2.75) is 81.7 Å². The summed E-state index contributed by atoms with van der Waals surface area (Å²) in [5.41, 5.74) is -0.751. The number of carbonyl (C=O) groups excluding carboxylic acids is 1. The second-order valence-electron chi connectivity index (χ2n) is 10.1. The number of carbonyl (C=O) groups is 1. The van der Waals surface area contributed by atoms with Crippen LogP contribution in [0, 0.1) is 0 Å². The summed E-state index contributed by atoms with van der Waals surface area (Å²) in [7, 11) is -4.39. The van der Waals surface area contributed by atoms with Gasteiger partial charge in [-0.05, 0) is 57.2 Å². The quantitative estimate of drug-likeness (QED) is 0.198. The number of esters is 1. The number of rotatable bonds is 11. The number of halogens is 2. The number of hydrogen-bond acceptors (Lipinski definition) is 9. The van der Waals surface area contributed by atoms with Crippen molar-refractivity contribution in [2.75, 3.05) is 6.61 Å². The van der Waals surface area contributed by atoms with E-state index in [-0.39, 0.29) is 5.75 Å².